The van der Waals surface area contributed by atoms with Crippen molar-refractivity contribution in [3.8, 4) is 0 Å². The largest absolute Gasteiger partial charge is 0.481 e. The van der Waals surface area contributed by atoms with E-state index in [1.807, 2.05) is 10.8 Å². The molecular formula is C12H12Cl2N2O2S2. The number of halogens is 2. The van der Waals surface area contributed by atoms with Crippen LogP contribution >= 0.6 is 46.7 Å². The van der Waals surface area contributed by atoms with Gasteiger partial charge in [0.25, 0.3) is 0 Å². The number of aliphatic carboxylic acids is 1. The molecule has 1 aromatic carbocycles. The van der Waals surface area contributed by atoms with Crippen LogP contribution in [-0.4, -0.2) is 38.4 Å². The Kier molecular flexibility index (Phi) is 5.49. The highest BCUT2D eigenvalue weighted by atomic mass is 35.5. The molecule has 0 atom stereocenters. The van der Waals surface area contributed by atoms with Crippen molar-refractivity contribution in [1.82, 2.24) is 9.55 Å². The molecule has 0 bridgehead atoms. The van der Waals surface area contributed by atoms with Gasteiger partial charge in [-0.05, 0) is 18.4 Å². The molecule has 8 heteroatoms. The highest BCUT2D eigenvalue weighted by Gasteiger charge is 2.14. The number of thioether (sulfide) groups is 2. The summed E-state index contributed by atoms with van der Waals surface area (Å²) in [6.07, 6.45) is 2.02. The van der Waals surface area contributed by atoms with E-state index in [2.05, 4.69) is 4.98 Å². The molecule has 0 radical (unpaired) electrons. The average molecular weight is 351 g/mol. The first-order valence-corrected chi connectivity index (χ1v) is 8.85. The van der Waals surface area contributed by atoms with Crippen LogP contribution in [0.3, 0.4) is 0 Å². The van der Waals surface area contributed by atoms with Crippen molar-refractivity contribution in [2.75, 3.05) is 17.8 Å². The monoisotopic (exact) mass is 350 g/mol. The van der Waals surface area contributed by atoms with Crippen molar-refractivity contribution < 1.29 is 9.90 Å². The third-order valence-corrected chi connectivity index (χ3v) is 4.87. The number of aryl methyl sites for hydroxylation is 1. The predicted octanol–water partition coefficient (Wildman–Crippen LogP) is 3.88. The second-order valence-electron chi connectivity index (χ2n) is 3.98. The minimum atomic E-state index is -0.866. The fourth-order valence-corrected chi connectivity index (χ4v) is 3.18. The molecule has 4 nitrogen and oxygen atoms in total. The first-order chi connectivity index (χ1) is 9.52. The van der Waals surface area contributed by atoms with Crippen LogP contribution in [0.5, 0.6) is 0 Å². The Labute approximate surface area is 134 Å². The number of rotatable bonds is 6. The van der Waals surface area contributed by atoms with E-state index in [9.17, 15) is 4.79 Å². The van der Waals surface area contributed by atoms with Crippen LogP contribution in [0.15, 0.2) is 17.3 Å². The minimum absolute atomic E-state index is 0.0238. The smallest absolute Gasteiger partial charge is 0.313 e. The van der Waals surface area contributed by atoms with Crippen LogP contribution in [0.1, 0.15) is 0 Å². The summed E-state index contributed by atoms with van der Waals surface area (Å²) >= 11 is 15.0. The highest BCUT2D eigenvalue weighted by Crippen LogP contribution is 2.31. The van der Waals surface area contributed by atoms with E-state index in [-0.39, 0.29) is 5.75 Å². The van der Waals surface area contributed by atoms with E-state index in [0.29, 0.717) is 15.2 Å². The molecule has 20 heavy (non-hydrogen) atoms. The first-order valence-electron chi connectivity index (χ1n) is 5.71. The van der Waals surface area contributed by atoms with Crippen LogP contribution in [-0.2, 0) is 11.3 Å². The molecule has 1 N–H and O–H groups in total. The number of aromatic nitrogens is 2. The van der Waals surface area contributed by atoms with E-state index < -0.39 is 5.97 Å². The van der Waals surface area contributed by atoms with E-state index in [0.717, 1.165) is 23.3 Å². The van der Waals surface area contributed by atoms with Crippen LogP contribution in [0.25, 0.3) is 11.0 Å². The van der Waals surface area contributed by atoms with E-state index in [4.69, 9.17) is 28.3 Å². The van der Waals surface area contributed by atoms with Gasteiger partial charge in [0.15, 0.2) is 5.16 Å². The molecule has 1 aromatic heterocycles. The summed E-state index contributed by atoms with van der Waals surface area (Å²) in [5, 5.41) is 10.4. The third-order valence-electron chi connectivity index (χ3n) is 2.60. The zero-order valence-electron chi connectivity index (χ0n) is 10.6. The topological polar surface area (TPSA) is 55.1 Å². The van der Waals surface area contributed by atoms with Crippen molar-refractivity contribution in [1.29, 1.82) is 0 Å². The Morgan fingerprint density at radius 3 is 2.75 bits per heavy atom. The van der Waals surface area contributed by atoms with Gasteiger partial charge in [0.1, 0.15) is 0 Å². The number of hydrogen-bond donors (Lipinski definition) is 1. The molecule has 0 saturated heterocycles. The Morgan fingerprint density at radius 2 is 2.10 bits per heavy atom. The second-order valence-corrected chi connectivity index (χ2v) is 6.72. The molecule has 0 saturated carbocycles. The Morgan fingerprint density at radius 1 is 1.40 bits per heavy atom. The summed E-state index contributed by atoms with van der Waals surface area (Å²) < 4.78 is 1.99. The van der Waals surface area contributed by atoms with Crippen LogP contribution in [0.2, 0.25) is 10.0 Å². The minimum Gasteiger partial charge on any atom is -0.481 e. The molecule has 0 spiro atoms. The summed E-state index contributed by atoms with van der Waals surface area (Å²) in [5.74, 6) is 0.0191. The van der Waals surface area contributed by atoms with Gasteiger partial charge >= 0.3 is 5.97 Å². The zero-order chi connectivity index (χ0) is 14.7. The van der Waals surface area contributed by atoms with Crippen molar-refractivity contribution in [3.05, 3.63) is 22.2 Å². The summed E-state index contributed by atoms with van der Waals surface area (Å²) in [6.45, 7) is 0.748. The maximum absolute atomic E-state index is 10.7. The van der Waals surface area contributed by atoms with E-state index in [1.54, 1.807) is 23.9 Å². The number of nitrogens with zero attached hydrogens (tertiary/aromatic N) is 2. The van der Waals surface area contributed by atoms with E-state index in [1.165, 1.54) is 11.8 Å². The molecule has 0 aliphatic carbocycles. The summed E-state index contributed by atoms with van der Waals surface area (Å²) in [6, 6.07) is 3.48. The van der Waals surface area contributed by atoms with Gasteiger partial charge < -0.3 is 9.67 Å². The Balaban J connectivity index is 2.45. The van der Waals surface area contributed by atoms with Gasteiger partial charge in [-0.1, -0.05) is 35.0 Å². The average Bonchev–Trinajstić information content (AvgIpc) is 2.72. The Bertz CT molecular complexity index is 646. The molecule has 108 valence electrons. The lowest BCUT2D eigenvalue weighted by Crippen LogP contribution is -2.04. The molecule has 0 amide bonds. The standard InChI is InChI=1S/C12H12Cl2N2O2S2/c1-19-3-2-16-10-5-8(14)7(13)4-9(10)15-12(16)20-6-11(17)18/h4-5H,2-3,6H2,1H3,(H,17,18). The lowest BCUT2D eigenvalue weighted by Gasteiger charge is -2.07. The van der Waals surface area contributed by atoms with Crippen molar-refractivity contribution >= 4 is 63.7 Å². The predicted molar refractivity (Wildman–Crippen MR) is 86.5 cm³/mol. The molecule has 1 heterocycles. The summed E-state index contributed by atoms with van der Waals surface area (Å²) in [5.41, 5.74) is 1.61. The Hall–Kier alpha value is -0.560. The molecule has 0 unspecified atom stereocenters. The summed E-state index contributed by atoms with van der Waals surface area (Å²) in [4.78, 5) is 15.2. The number of carboxylic acids is 1. The second kappa shape index (κ2) is 6.93. The van der Waals surface area contributed by atoms with Crippen LogP contribution in [0, 0.1) is 0 Å². The fraction of sp³-hybridized carbons (Fsp3) is 0.333. The van der Waals surface area contributed by atoms with Gasteiger partial charge in [-0.15, -0.1) is 0 Å². The van der Waals surface area contributed by atoms with Gasteiger partial charge in [-0.3, -0.25) is 4.79 Å². The number of carbonyl (C=O) groups is 1. The number of carboxylic acid groups (broad SMARTS) is 1. The first kappa shape index (κ1) is 15.8. The highest BCUT2D eigenvalue weighted by molar-refractivity contribution is 7.99. The maximum atomic E-state index is 10.7. The quantitative estimate of drug-likeness (QED) is 0.801. The van der Waals surface area contributed by atoms with Gasteiger partial charge in [-0.25, -0.2) is 4.98 Å². The molecule has 2 rings (SSSR count). The maximum Gasteiger partial charge on any atom is 0.313 e. The molecular weight excluding hydrogens is 339 g/mol. The number of fused-ring (bicyclic) bond motifs is 1. The molecule has 2 aromatic rings. The molecule has 0 fully saturated rings. The SMILES string of the molecule is CSCCn1c(SCC(=O)O)nc2cc(Cl)c(Cl)cc21. The van der Waals surface area contributed by atoms with Gasteiger partial charge in [0.05, 0.1) is 26.8 Å². The van der Waals surface area contributed by atoms with Crippen LogP contribution < -0.4 is 0 Å². The van der Waals surface area contributed by atoms with Gasteiger partial charge in [-0.2, -0.15) is 11.8 Å². The molecule has 0 aliphatic rings. The van der Waals surface area contributed by atoms with Gasteiger partial charge in [0.2, 0.25) is 0 Å². The number of benzene rings is 1. The van der Waals surface area contributed by atoms with Crippen LogP contribution in [0.4, 0.5) is 0 Å². The van der Waals surface area contributed by atoms with Gasteiger partial charge in [0, 0.05) is 12.3 Å². The van der Waals surface area contributed by atoms with E-state index >= 15 is 0 Å². The van der Waals surface area contributed by atoms with Crippen molar-refractivity contribution in [3.63, 3.8) is 0 Å². The number of imidazole rings is 1. The fourth-order valence-electron chi connectivity index (χ4n) is 1.73. The third kappa shape index (κ3) is 3.55. The van der Waals surface area contributed by atoms with Crippen molar-refractivity contribution in [2.24, 2.45) is 0 Å². The lowest BCUT2D eigenvalue weighted by atomic mass is 10.3. The summed E-state index contributed by atoms with van der Waals surface area (Å²) in [7, 11) is 0. The molecule has 0 aliphatic heterocycles. The van der Waals surface area contributed by atoms with Crippen molar-refractivity contribution in [2.45, 2.75) is 11.7 Å². The lowest BCUT2D eigenvalue weighted by molar-refractivity contribution is -0.133. The number of hydrogen-bond acceptors (Lipinski definition) is 4. The zero-order valence-corrected chi connectivity index (χ0v) is 13.7. The normalized spacial score (nSPS) is 11.2.